The average molecular weight is 236 g/mol. The van der Waals surface area contributed by atoms with Gasteiger partial charge in [-0.05, 0) is 32.2 Å². The molecule has 94 valence electrons. The molecular formula is C12H20N4O. The van der Waals surface area contributed by atoms with Crippen LogP contribution in [-0.4, -0.2) is 22.2 Å². The number of amides is 1. The first kappa shape index (κ1) is 12.1. The van der Waals surface area contributed by atoms with Crippen molar-refractivity contribution in [2.45, 2.75) is 32.7 Å². The van der Waals surface area contributed by atoms with Gasteiger partial charge in [0.25, 0.3) is 0 Å². The van der Waals surface area contributed by atoms with Crippen LogP contribution in [0.15, 0.2) is 12.3 Å². The fourth-order valence-electron chi connectivity index (χ4n) is 2.57. The minimum Gasteiger partial charge on any atom is -0.330 e. The largest absolute Gasteiger partial charge is 0.330 e. The molecule has 0 saturated heterocycles. The van der Waals surface area contributed by atoms with Gasteiger partial charge in [-0.3, -0.25) is 4.79 Å². The predicted molar refractivity (Wildman–Crippen MR) is 66.4 cm³/mol. The molecule has 0 aliphatic heterocycles. The summed E-state index contributed by atoms with van der Waals surface area (Å²) in [6, 6.07) is 1.83. The predicted octanol–water partition coefficient (Wildman–Crippen LogP) is 1.22. The Kier molecular flexibility index (Phi) is 3.78. The van der Waals surface area contributed by atoms with E-state index in [0.717, 1.165) is 31.6 Å². The lowest BCUT2D eigenvalue weighted by atomic mass is 9.95. The smallest absolute Gasteiger partial charge is 0.228 e. The van der Waals surface area contributed by atoms with Crippen molar-refractivity contribution in [1.29, 1.82) is 0 Å². The third kappa shape index (κ3) is 2.49. The number of carbonyl (C=O) groups excluding carboxylic acids is 1. The molecule has 0 radical (unpaired) electrons. The molecule has 1 aromatic heterocycles. The van der Waals surface area contributed by atoms with E-state index in [1.54, 1.807) is 10.9 Å². The van der Waals surface area contributed by atoms with E-state index < -0.39 is 0 Å². The number of nitrogens with two attached hydrogens (primary N) is 1. The molecule has 3 N–H and O–H groups in total. The number of aromatic nitrogens is 2. The molecule has 0 spiro atoms. The number of rotatable bonds is 4. The Labute approximate surface area is 101 Å². The minimum atomic E-state index is 0.0696. The molecule has 1 aliphatic rings. The van der Waals surface area contributed by atoms with E-state index in [9.17, 15) is 4.79 Å². The lowest BCUT2D eigenvalue weighted by molar-refractivity contribution is -0.120. The van der Waals surface area contributed by atoms with Crippen molar-refractivity contribution in [1.82, 2.24) is 9.78 Å². The third-order valence-corrected chi connectivity index (χ3v) is 3.57. The van der Waals surface area contributed by atoms with Gasteiger partial charge >= 0.3 is 0 Å². The van der Waals surface area contributed by atoms with Crippen LogP contribution in [0.25, 0.3) is 0 Å². The Morgan fingerprint density at radius 3 is 3.18 bits per heavy atom. The minimum absolute atomic E-state index is 0.0696. The van der Waals surface area contributed by atoms with E-state index in [0.29, 0.717) is 12.5 Å². The molecule has 1 aromatic rings. The first-order valence-electron chi connectivity index (χ1n) is 6.29. The zero-order chi connectivity index (χ0) is 12.3. The summed E-state index contributed by atoms with van der Waals surface area (Å²) >= 11 is 0. The van der Waals surface area contributed by atoms with Crippen LogP contribution >= 0.6 is 0 Å². The Balaban J connectivity index is 2.01. The topological polar surface area (TPSA) is 72.9 Å². The number of hydrogen-bond acceptors (Lipinski definition) is 3. The molecule has 2 rings (SSSR count). The molecule has 17 heavy (non-hydrogen) atoms. The second-order valence-electron chi connectivity index (χ2n) is 4.55. The highest BCUT2D eigenvalue weighted by Gasteiger charge is 2.32. The normalized spacial score (nSPS) is 23.9. The Morgan fingerprint density at radius 2 is 2.47 bits per heavy atom. The molecule has 5 nitrogen and oxygen atoms in total. The van der Waals surface area contributed by atoms with Gasteiger partial charge in [0.1, 0.15) is 5.82 Å². The Hall–Kier alpha value is -1.36. The van der Waals surface area contributed by atoms with Crippen LogP contribution in [0.1, 0.15) is 26.2 Å². The van der Waals surface area contributed by atoms with Crippen molar-refractivity contribution in [3.63, 3.8) is 0 Å². The van der Waals surface area contributed by atoms with Crippen molar-refractivity contribution in [3.05, 3.63) is 12.3 Å². The van der Waals surface area contributed by atoms with E-state index >= 15 is 0 Å². The van der Waals surface area contributed by atoms with Crippen LogP contribution in [0.3, 0.4) is 0 Å². The first-order chi connectivity index (χ1) is 8.26. The van der Waals surface area contributed by atoms with Crippen LogP contribution in [-0.2, 0) is 11.3 Å². The van der Waals surface area contributed by atoms with Crippen molar-refractivity contribution in [2.24, 2.45) is 17.6 Å². The second-order valence-corrected chi connectivity index (χ2v) is 4.55. The van der Waals surface area contributed by atoms with Gasteiger partial charge in [0.15, 0.2) is 0 Å². The first-order valence-corrected chi connectivity index (χ1v) is 6.29. The van der Waals surface area contributed by atoms with E-state index in [2.05, 4.69) is 10.4 Å². The van der Waals surface area contributed by atoms with Crippen LogP contribution in [0, 0.1) is 11.8 Å². The molecule has 2 atom stereocenters. The summed E-state index contributed by atoms with van der Waals surface area (Å²) in [6.07, 6.45) is 4.83. The maximum atomic E-state index is 12.1. The monoisotopic (exact) mass is 236 g/mol. The number of anilines is 1. The highest BCUT2D eigenvalue weighted by Crippen LogP contribution is 2.31. The number of carbonyl (C=O) groups is 1. The van der Waals surface area contributed by atoms with Gasteiger partial charge in [0.2, 0.25) is 5.91 Å². The fourth-order valence-corrected chi connectivity index (χ4v) is 2.57. The van der Waals surface area contributed by atoms with Crippen LogP contribution in [0.5, 0.6) is 0 Å². The van der Waals surface area contributed by atoms with Crippen molar-refractivity contribution in [3.8, 4) is 0 Å². The summed E-state index contributed by atoms with van der Waals surface area (Å²) in [5.41, 5.74) is 5.69. The summed E-state index contributed by atoms with van der Waals surface area (Å²) in [6.45, 7) is 3.36. The van der Waals surface area contributed by atoms with Crippen LogP contribution < -0.4 is 11.1 Å². The zero-order valence-electron chi connectivity index (χ0n) is 10.2. The van der Waals surface area contributed by atoms with Crippen molar-refractivity contribution < 1.29 is 4.79 Å². The molecule has 0 bridgehead atoms. The number of nitrogens with one attached hydrogen (secondary N) is 1. The maximum absolute atomic E-state index is 12.1. The second kappa shape index (κ2) is 5.31. The van der Waals surface area contributed by atoms with E-state index in [4.69, 9.17) is 5.73 Å². The highest BCUT2D eigenvalue weighted by atomic mass is 16.2. The van der Waals surface area contributed by atoms with Gasteiger partial charge in [-0.15, -0.1) is 0 Å². The van der Waals surface area contributed by atoms with E-state index in [1.165, 1.54) is 0 Å². The summed E-state index contributed by atoms with van der Waals surface area (Å²) in [4.78, 5) is 12.1. The van der Waals surface area contributed by atoms with E-state index in [1.807, 2.05) is 13.0 Å². The molecule has 1 aliphatic carbocycles. The van der Waals surface area contributed by atoms with E-state index in [-0.39, 0.29) is 11.8 Å². The third-order valence-electron chi connectivity index (χ3n) is 3.57. The maximum Gasteiger partial charge on any atom is 0.228 e. The number of hydrogen-bond donors (Lipinski definition) is 2. The van der Waals surface area contributed by atoms with Gasteiger partial charge in [-0.25, -0.2) is 4.68 Å². The Morgan fingerprint density at radius 1 is 1.65 bits per heavy atom. The number of aryl methyl sites for hydroxylation is 1. The van der Waals surface area contributed by atoms with Gasteiger partial charge in [0.05, 0.1) is 6.20 Å². The molecule has 5 heteroatoms. The fraction of sp³-hybridized carbons (Fsp3) is 0.667. The SMILES string of the molecule is CCn1nccc1NC(=O)[C@@H]1CCC[C@@H]1CN. The van der Waals surface area contributed by atoms with Crippen LogP contribution in [0.2, 0.25) is 0 Å². The summed E-state index contributed by atoms with van der Waals surface area (Å²) in [5, 5.41) is 7.08. The molecule has 1 fully saturated rings. The number of nitrogens with zero attached hydrogens (tertiary/aromatic N) is 2. The standard InChI is InChI=1S/C12H20N4O/c1-2-16-11(6-7-14-16)15-12(17)10-5-3-4-9(10)8-13/h6-7,9-10H,2-5,8,13H2,1H3,(H,15,17)/t9-,10-/m1/s1. The summed E-state index contributed by atoms with van der Waals surface area (Å²) in [7, 11) is 0. The van der Waals surface area contributed by atoms with Gasteiger partial charge in [-0.1, -0.05) is 6.42 Å². The average Bonchev–Trinajstić information content (AvgIpc) is 2.96. The Bertz CT molecular complexity index is 388. The summed E-state index contributed by atoms with van der Waals surface area (Å²) < 4.78 is 1.78. The molecule has 0 unspecified atom stereocenters. The van der Waals surface area contributed by atoms with Gasteiger partial charge in [-0.2, -0.15) is 5.10 Å². The molecular weight excluding hydrogens is 216 g/mol. The lowest BCUT2D eigenvalue weighted by Crippen LogP contribution is -2.30. The molecule has 1 amide bonds. The zero-order valence-corrected chi connectivity index (χ0v) is 10.2. The van der Waals surface area contributed by atoms with Gasteiger partial charge in [0, 0.05) is 18.5 Å². The molecule has 1 saturated carbocycles. The molecule has 0 aromatic carbocycles. The molecule has 1 heterocycles. The van der Waals surface area contributed by atoms with Crippen LogP contribution in [0.4, 0.5) is 5.82 Å². The van der Waals surface area contributed by atoms with Crippen molar-refractivity contribution >= 4 is 11.7 Å². The van der Waals surface area contributed by atoms with Gasteiger partial charge < -0.3 is 11.1 Å². The summed E-state index contributed by atoms with van der Waals surface area (Å²) in [5.74, 6) is 1.28. The lowest BCUT2D eigenvalue weighted by Gasteiger charge is -2.17. The highest BCUT2D eigenvalue weighted by molar-refractivity contribution is 5.92. The van der Waals surface area contributed by atoms with Crippen molar-refractivity contribution in [2.75, 3.05) is 11.9 Å². The quantitative estimate of drug-likeness (QED) is 0.825.